The second-order valence-corrected chi connectivity index (χ2v) is 8.32. The van der Waals surface area contributed by atoms with E-state index in [0.29, 0.717) is 44.6 Å². The molecule has 2 unspecified atom stereocenters. The normalized spacial score (nSPS) is 17.9. The zero-order valence-corrected chi connectivity index (χ0v) is 18.7. The molecule has 2 atom stereocenters. The van der Waals surface area contributed by atoms with Gasteiger partial charge in [-0.05, 0) is 50.5 Å². The van der Waals surface area contributed by atoms with Crippen LogP contribution in [0.25, 0.3) is 6.08 Å². The maximum Gasteiger partial charge on any atom is 0.339 e. The molecule has 2 aliphatic heterocycles. The van der Waals surface area contributed by atoms with E-state index in [0.717, 1.165) is 12.8 Å². The fourth-order valence-electron chi connectivity index (χ4n) is 4.03. The summed E-state index contributed by atoms with van der Waals surface area (Å²) in [6.07, 6.45) is 3.29. The Morgan fingerprint density at radius 1 is 0.969 bits per heavy atom. The number of ether oxygens (including phenoxy) is 2. The molecule has 0 saturated carbocycles. The van der Waals surface area contributed by atoms with Gasteiger partial charge in [0, 0.05) is 25.9 Å². The first-order chi connectivity index (χ1) is 15.3. The summed E-state index contributed by atoms with van der Waals surface area (Å²) in [7, 11) is 0. The molecule has 2 heterocycles. The number of rotatable bonds is 9. The lowest BCUT2D eigenvalue weighted by Crippen LogP contribution is -2.34. The highest BCUT2D eigenvalue weighted by Gasteiger charge is 2.25. The Morgan fingerprint density at radius 3 is 1.97 bits per heavy atom. The van der Waals surface area contributed by atoms with Crippen molar-refractivity contribution in [1.29, 1.82) is 0 Å². The van der Waals surface area contributed by atoms with Crippen molar-refractivity contribution in [2.75, 3.05) is 26.2 Å². The Morgan fingerprint density at radius 2 is 1.50 bits per heavy atom. The summed E-state index contributed by atoms with van der Waals surface area (Å²) >= 11 is 0. The van der Waals surface area contributed by atoms with Crippen LogP contribution in [0, 0.1) is 0 Å². The minimum Gasteiger partial charge on any atom is -0.457 e. The Balaban J connectivity index is 1.59. The third kappa shape index (κ3) is 5.75. The number of nitrogens with zero attached hydrogens (tertiary/aromatic N) is 2. The topological polar surface area (TPSA) is 93.2 Å². The number of carbonyl (C=O) groups excluding carboxylic acids is 4. The molecule has 3 rings (SSSR count). The third-order valence-corrected chi connectivity index (χ3v) is 5.64. The van der Waals surface area contributed by atoms with E-state index in [1.165, 1.54) is 24.3 Å². The van der Waals surface area contributed by atoms with Crippen molar-refractivity contribution in [2.24, 2.45) is 0 Å². The van der Waals surface area contributed by atoms with Gasteiger partial charge in [-0.1, -0.05) is 12.7 Å². The van der Waals surface area contributed by atoms with E-state index in [9.17, 15) is 19.2 Å². The van der Waals surface area contributed by atoms with Gasteiger partial charge in [0.15, 0.2) is 0 Å². The molecule has 0 N–H and O–H groups in total. The van der Waals surface area contributed by atoms with E-state index in [1.807, 2.05) is 0 Å². The zero-order valence-electron chi connectivity index (χ0n) is 18.7. The van der Waals surface area contributed by atoms with Crippen LogP contribution in [0.5, 0.6) is 0 Å². The summed E-state index contributed by atoms with van der Waals surface area (Å²) in [6, 6.07) is 4.56. The van der Waals surface area contributed by atoms with Gasteiger partial charge in [-0.15, -0.1) is 0 Å². The molecule has 2 fully saturated rings. The van der Waals surface area contributed by atoms with Gasteiger partial charge in [0.05, 0.1) is 24.2 Å². The molecule has 2 aliphatic rings. The lowest BCUT2D eigenvalue weighted by atomic mass is 10.0. The van der Waals surface area contributed by atoms with E-state index in [4.69, 9.17) is 9.47 Å². The van der Waals surface area contributed by atoms with Crippen molar-refractivity contribution in [3.8, 4) is 0 Å². The quantitative estimate of drug-likeness (QED) is 0.546. The van der Waals surface area contributed by atoms with Gasteiger partial charge in [0.25, 0.3) is 0 Å². The van der Waals surface area contributed by atoms with Gasteiger partial charge in [0.2, 0.25) is 11.8 Å². The summed E-state index contributed by atoms with van der Waals surface area (Å²) in [5.41, 5.74) is 1.02. The molecule has 8 heteroatoms. The number of amides is 2. The molecule has 1 aromatic carbocycles. The molecule has 1 aromatic rings. The molecule has 8 nitrogen and oxygen atoms in total. The van der Waals surface area contributed by atoms with Crippen molar-refractivity contribution in [3.05, 3.63) is 41.5 Å². The van der Waals surface area contributed by atoms with Crippen molar-refractivity contribution in [2.45, 2.75) is 51.7 Å². The molecule has 0 radical (unpaired) electrons. The zero-order chi connectivity index (χ0) is 23.3. The molecule has 0 spiro atoms. The fourth-order valence-corrected chi connectivity index (χ4v) is 4.03. The highest BCUT2D eigenvalue weighted by Crippen LogP contribution is 2.19. The van der Waals surface area contributed by atoms with Crippen LogP contribution in [0.4, 0.5) is 0 Å². The van der Waals surface area contributed by atoms with Crippen molar-refractivity contribution >= 4 is 29.8 Å². The van der Waals surface area contributed by atoms with Gasteiger partial charge in [-0.2, -0.15) is 0 Å². The number of likely N-dealkylation sites (tertiary alicyclic amines) is 2. The number of benzene rings is 1. The molecule has 2 amide bonds. The molecule has 172 valence electrons. The smallest absolute Gasteiger partial charge is 0.339 e. The van der Waals surface area contributed by atoms with Gasteiger partial charge in [-0.25, -0.2) is 9.59 Å². The van der Waals surface area contributed by atoms with E-state index in [2.05, 4.69) is 6.58 Å². The molecule has 0 aromatic heterocycles. The lowest BCUT2D eigenvalue weighted by molar-refractivity contribution is -0.129. The summed E-state index contributed by atoms with van der Waals surface area (Å²) in [4.78, 5) is 52.1. The average Bonchev–Trinajstić information content (AvgIpc) is 3.34. The predicted molar refractivity (Wildman–Crippen MR) is 118 cm³/mol. The molecule has 32 heavy (non-hydrogen) atoms. The summed E-state index contributed by atoms with van der Waals surface area (Å²) in [5, 5.41) is 0. The SMILES string of the molecule is C=Cc1cc(C(=O)OC(C)CN2CCCC2=O)ccc1C(=O)OC(C)CN1CCCC1=O. The van der Waals surface area contributed by atoms with Crippen molar-refractivity contribution in [1.82, 2.24) is 9.80 Å². The van der Waals surface area contributed by atoms with E-state index < -0.39 is 24.1 Å². The number of carbonyl (C=O) groups is 4. The minimum absolute atomic E-state index is 0.0749. The summed E-state index contributed by atoms with van der Waals surface area (Å²) in [5.74, 6) is -0.924. The van der Waals surface area contributed by atoms with E-state index in [1.54, 1.807) is 23.6 Å². The van der Waals surface area contributed by atoms with Crippen LogP contribution in [0.15, 0.2) is 24.8 Å². The second kappa shape index (κ2) is 10.4. The Kier molecular flexibility index (Phi) is 7.66. The van der Waals surface area contributed by atoms with Crippen LogP contribution in [0.2, 0.25) is 0 Å². The van der Waals surface area contributed by atoms with Gasteiger partial charge >= 0.3 is 11.9 Å². The maximum atomic E-state index is 12.6. The third-order valence-electron chi connectivity index (χ3n) is 5.64. The first-order valence-corrected chi connectivity index (χ1v) is 11.0. The minimum atomic E-state index is -0.542. The van der Waals surface area contributed by atoms with Gasteiger partial charge < -0.3 is 19.3 Å². The fraction of sp³-hybridized carbons (Fsp3) is 0.500. The van der Waals surface area contributed by atoms with Gasteiger partial charge in [0.1, 0.15) is 12.2 Å². The van der Waals surface area contributed by atoms with Crippen LogP contribution in [0.3, 0.4) is 0 Å². The molecular weight excluding hydrogens is 412 g/mol. The lowest BCUT2D eigenvalue weighted by Gasteiger charge is -2.22. The first-order valence-electron chi connectivity index (χ1n) is 11.0. The Hall–Kier alpha value is -3.16. The van der Waals surface area contributed by atoms with E-state index >= 15 is 0 Å². The Labute approximate surface area is 188 Å². The number of esters is 2. The molecule has 0 bridgehead atoms. The molecular formula is C24H30N2O6. The summed E-state index contributed by atoms with van der Waals surface area (Å²) in [6.45, 7) is 9.30. The van der Waals surface area contributed by atoms with Crippen LogP contribution in [0.1, 0.15) is 65.8 Å². The van der Waals surface area contributed by atoms with Crippen molar-refractivity contribution in [3.63, 3.8) is 0 Å². The van der Waals surface area contributed by atoms with Crippen molar-refractivity contribution < 1.29 is 28.7 Å². The summed E-state index contributed by atoms with van der Waals surface area (Å²) < 4.78 is 11.0. The number of hydrogen-bond donors (Lipinski definition) is 0. The second-order valence-electron chi connectivity index (χ2n) is 8.32. The van der Waals surface area contributed by atoms with Crippen LogP contribution >= 0.6 is 0 Å². The molecule has 2 saturated heterocycles. The maximum absolute atomic E-state index is 12.6. The van der Waals surface area contributed by atoms with Crippen LogP contribution in [-0.2, 0) is 19.1 Å². The average molecular weight is 443 g/mol. The number of hydrogen-bond acceptors (Lipinski definition) is 6. The van der Waals surface area contributed by atoms with Crippen LogP contribution in [-0.4, -0.2) is 71.9 Å². The highest BCUT2D eigenvalue weighted by molar-refractivity contribution is 5.97. The highest BCUT2D eigenvalue weighted by atomic mass is 16.5. The molecule has 0 aliphatic carbocycles. The largest absolute Gasteiger partial charge is 0.457 e. The first kappa shape index (κ1) is 23.5. The van der Waals surface area contributed by atoms with Crippen LogP contribution < -0.4 is 0 Å². The monoisotopic (exact) mass is 442 g/mol. The van der Waals surface area contributed by atoms with Gasteiger partial charge in [-0.3, -0.25) is 9.59 Å². The van der Waals surface area contributed by atoms with E-state index in [-0.39, 0.29) is 22.9 Å². The predicted octanol–water partition coefficient (Wildman–Crippen LogP) is 2.67. The Bertz CT molecular complexity index is 912. The standard InChI is InChI=1S/C24H30N2O6/c1-4-18-13-19(23(29)31-16(2)14-25-11-5-7-21(25)27)9-10-20(18)24(30)32-17(3)15-26-12-6-8-22(26)28/h4,9-10,13,16-17H,1,5-8,11-12,14-15H2,2-3H3.